The van der Waals surface area contributed by atoms with Crippen molar-refractivity contribution in [2.75, 3.05) is 40.9 Å². The topological polar surface area (TPSA) is 105 Å². The van der Waals surface area contributed by atoms with Gasteiger partial charge in [0.15, 0.2) is 0 Å². The van der Waals surface area contributed by atoms with Gasteiger partial charge in [0, 0.05) is 6.42 Å². The van der Waals surface area contributed by atoms with Crippen molar-refractivity contribution >= 4 is 13.7 Å². The zero-order chi connectivity index (χ0) is 55.6. The number of carbonyl (C=O) groups is 1. The van der Waals surface area contributed by atoms with E-state index >= 15 is 0 Å². The molecule has 0 aliphatic rings. The lowest BCUT2D eigenvalue weighted by Gasteiger charge is -2.25. The Balaban J connectivity index is 4.10. The highest BCUT2D eigenvalue weighted by Gasteiger charge is 2.28. The molecule has 0 aromatic heterocycles. The van der Waals surface area contributed by atoms with Gasteiger partial charge in [0.2, 0.25) is 5.91 Å². The number of phosphoric ester groups is 1. The van der Waals surface area contributed by atoms with E-state index in [9.17, 15) is 19.4 Å². The Morgan fingerprint density at radius 2 is 0.724 bits per heavy atom. The van der Waals surface area contributed by atoms with Crippen LogP contribution in [0.25, 0.3) is 0 Å². The summed E-state index contributed by atoms with van der Waals surface area (Å²) < 4.78 is 23.8. The van der Waals surface area contributed by atoms with E-state index < -0.39 is 20.0 Å². The maximum atomic E-state index is 13.0. The molecule has 0 spiro atoms. The average molecular weight is 1090 g/mol. The second-order valence-corrected chi connectivity index (χ2v) is 26.0. The summed E-state index contributed by atoms with van der Waals surface area (Å²) in [4.78, 5) is 23.4. The molecule has 9 heteroatoms. The molecule has 8 nitrogen and oxygen atoms in total. The number of aliphatic hydroxyl groups is 1. The summed E-state index contributed by atoms with van der Waals surface area (Å²) in [6, 6.07) is -0.861. The third kappa shape index (κ3) is 60.6. The van der Waals surface area contributed by atoms with Crippen LogP contribution in [0.5, 0.6) is 0 Å². The molecular weight excluding hydrogens is 960 g/mol. The number of hydrogen-bond donors (Lipinski definition) is 3. The SMILES string of the molecule is CCCCCCCCCCCCCCCCCCCCCC/C=C/CC/C=C/C(O)C(COP(=O)(O)OCC[N+](C)(C)C)NC(=O)CCCCCCCCCCCCCCCCCCCCCCCCCCCCCC. The third-order valence-electron chi connectivity index (χ3n) is 15.7. The van der Waals surface area contributed by atoms with E-state index in [1.807, 2.05) is 27.2 Å². The Morgan fingerprint density at radius 3 is 1.05 bits per heavy atom. The van der Waals surface area contributed by atoms with Gasteiger partial charge in [0.1, 0.15) is 13.2 Å². The molecule has 0 saturated heterocycles. The first-order chi connectivity index (χ1) is 37.0. The maximum Gasteiger partial charge on any atom is 0.472 e. The number of aliphatic hydroxyl groups excluding tert-OH is 1. The summed E-state index contributed by atoms with van der Waals surface area (Å²) in [6.07, 6.45) is 76.1. The molecule has 0 radical (unpaired) electrons. The van der Waals surface area contributed by atoms with Crippen LogP contribution < -0.4 is 5.32 Å². The molecular formula is C67H134N2O6P+. The number of nitrogens with zero attached hydrogens (tertiary/aromatic N) is 1. The molecule has 0 rings (SSSR count). The lowest BCUT2D eigenvalue weighted by molar-refractivity contribution is -0.870. The third-order valence-corrected chi connectivity index (χ3v) is 16.7. The lowest BCUT2D eigenvalue weighted by atomic mass is 10.0. The Labute approximate surface area is 474 Å². The molecule has 0 fully saturated rings. The van der Waals surface area contributed by atoms with Crippen molar-refractivity contribution in [1.29, 1.82) is 0 Å². The number of amides is 1. The molecule has 3 unspecified atom stereocenters. The molecule has 1 amide bonds. The summed E-state index contributed by atoms with van der Waals surface area (Å²) >= 11 is 0. The van der Waals surface area contributed by atoms with Gasteiger partial charge < -0.3 is 19.8 Å². The van der Waals surface area contributed by atoms with Gasteiger partial charge in [0.25, 0.3) is 0 Å². The van der Waals surface area contributed by atoms with Crippen molar-refractivity contribution < 1.29 is 32.9 Å². The van der Waals surface area contributed by atoms with E-state index in [2.05, 4.69) is 31.3 Å². The number of likely N-dealkylation sites (N-methyl/N-ethyl adjacent to an activating group) is 1. The Hall–Kier alpha value is -1.02. The highest BCUT2D eigenvalue weighted by Crippen LogP contribution is 2.43. The Morgan fingerprint density at radius 1 is 0.434 bits per heavy atom. The molecule has 0 aliphatic heterocycles. The molecule has 0 bridgehead atoms. The van der Waals surface area contributed by atoms with E-state index in [0.717, 1.165) is 38.5 Å². The number of carbonyl (C=O) groups excluding carboxylic acids is 1. The first kappa shape index (κ1) is 75.0. The predicted molar refractivity (Wildman–Crippen MR) is 332 cm³/mol. The minimum absolute atomic E-state index is 0.0590. The number of allylic oxidation sites excluding steroid dienone is 3. The van der Waals surface area contributed by atoms with Crippen LogP contribution in [0.3, 0.4) is 0 Å². The molecule has 3 atom stereocenters. The van der Waals surface area contributed by atoms with Crippen molar-refractivity contribution in [3.05, 3.63) is 24.3 Å². The zero-order valence-electron chi connectivity index (χ0n) is 51.8. The van der Waals surface area contributed by atoms with Gasteiger partial charge >= 0.3 is 7.82 Å². The number of rotatable bonds is 63. The smallest absolute Gasteiger partial charge is 0.387 e. The predicted octanol–water partition coefficient (Wildman–Crippen LogP) is 21.1. The Bertz CT molecular complexity index is 1290. The molecule has 0 aliphatic carbocycles. The Kier molecular flexibility index (Phi) is 57.8. The fraction of sp³-hybridized carbons (Fsp3) is 0.925. The lowest BCUT2D eigenvalue weighted by Crippen LogP contribution is -2.45. The van der Waals surface area contributed by atoms with Gasteiger partial charge in [-0.3, -0.25) is 13.8 Å². The van der Waals surface area contributed by atoms with Crippen LogP contribution in [-0.2, 0) is 18.4 Å². The van der Waals surface area contributed by atoms with E-state index in [1.54, 1.807) is 6.08 Å². The van der Waals surface area contributed by atoms with Gasteiger partial charge in [-0.15, -0.1) is 0 Å². The van der Waals surface area contributed by atoms with Gasteiger partial charge in [-0.2, -0.15) is 0 Å². The number of nitrogens with one attached hydrogen (secondary N) is 1. The largest absolute Gasteiger partial charge is 0.472 e. The van der Waals surface area contributed by atoms with Gasteiger partial charge in [-0.05, 0) is 32.1 Å². The van der Waals surface area contributed by atoms with E-state index in [-0.39, 0.29) is 19.1 Å². The summed E-state index contributed by atoms with van der Waals surface area (Å²) in [5, 5.41) is 14.0. The molecule has 0 heterocycles. The molecule has 0 aromatic rings. The maximum absolute atomic E-state index is 13.0. The van der Waals surface area contributed by atoms with Crippen LogP contribution in [-0.4, -0.2) is 73.4 Å². The minimum Gasteiger partial charge on any atom is -0.387 e. The second-order valence-electron chi connectivity index (χ2n) is 24.6. The zero-order valence-corrected chi connectivity index (χ0v) is 52.7. The standard InChI is InChI=1S/C67H133N2O6P/c1-6-8-10-12-14-16-18-20-22-24-26-28-30-32-34-35-37-39-41-43-45-47-49-51-53-55-57-59-61-67(71)68-65(64-75-76(72,73)74-63-62-69(3,4)5)66(70)60-58-56-54-52-50-48-46-44-42-40-38-36-33-31-29-27-25-23-21-19-17-15-13-11-9-7-2/h50,52,58,60,65-66,70H,6-49,51,53-57,59,61-64H2,1-5H3,(H-,68,71,72,73)/p+1/b52-50+,60-58+. The molecule has 0 saturated carbocycles. The van der Waals surface area contributed by atoms with E-state index in [0.29, 0.717) is 17.4 Å². The van der Waals surface area contributed by atoms with Gasteiger partial charge in [0.05, 0.1) is 39.9 Å². The van der Waals surface area contributed by atoms with Crippen LogP contribution in [0.4, 0.5) is 0 Å². The second kappa shape index (κ2) is 58.6. The van der Waals surface area contributed by atoms with Crippen molar-refractivity contribution in [2.45, 2.75) is 360 Å². The van der Waals surface area contributed by atoms with Crippen molar-refractivity contribution in [2.24, 2.45) is 0 Å². The number of hydrogen-bond acceptors (Lipinski definition) is 5. The van der Waals surface area contributed by atoms with Crippen LogP contribution in [0.2, 0.25) is 0 Å². The normalized spacial score (nSPS) is 13.8. The average Bonchev–Trinajstić information content (AvgIpc) is 3.38. The quantitative estimate of drug-likeness (QED) is 0.0243. The van der Waals surface area contributed by atoms with Crippen molar-refractivity contribution in [3.63, 3.8) is 0 Å². The summed E-state index contributed by atoms with van der Waals surface area (Å²) in [5.41, 5.74) is 0. The monoisotopic (exact) mass is 1090 g/mol. The van der Waals surface area contributed by atoms with E-state index in [4.69, 9.17) is 9.05 Å². The number of quaternary nitrogens is 1. The van der Waals surface area contributed by atoms with Crippen LogP contribution in [0.1, 0.15) is 348 Å². The van der Waals surface area contributed by atoms with Gasteiger partial charge in [-0.1, -0.05) is 334 Å². The molecule has 452 valence electrons. The number of phosphoric acid groups is 1. The molecule has 0 aromatic carbocycles. The highest BCUT2D eigenvalue weighted by molar-refractivity contribution is 7.47. The fourth-order valence-corrected chi connectivity index (χ4v) is 11.2. The summed E-state index contributed by atoms with van der Waals surface area (Å²) in [5.74, 6) is -0.178. The van der Waals surface area contributed by atoms with Crippen LogP contribution in [0, 0.1) is 0 Å². The fourth-order valence-electron chi connectivity index (χ4n) is 10.4. The molecule has 3 N–H and O–H groups in total. The van der Waals surface area contributed by atoms with Crippen LogP contribution in [0.15, 0.2) is 24.3 Å². The summed E-state index contributed by atoms with van der Waals surface area (Å²) in [7, 11) is 1.57. The van der Waals surface area contributed by atoms with Gasteiger partial charge in [-0.25, -0.2) is 4.57 Å². The van der Waals surface area contributed by atoms with Crippen molar-refractivity contribution in [3.8, 4) is 0 Å². The number of unbranched alkanes of at least 4 members (excludes halogenated alkanes) is 48. The minimum atomic E-state index is -4.36. The van der Waals surface area contributed by atoms with Crippen molar-refractivity contribution in [1.82, 2.24) is 5.32 Å². The van der Waals surface area contributed by atoms with Crippen LogP contribution >= 0.6 is 7.82 Å². The molecule has 76 heavy (non-hydrogen) atoms. The summed E-state index contributed by atoms with van der Waals surface area (Å²) in [6.45, 7) is 4.86. The first-order valence-corrected chi connectivity index (χ1v) is 35.2. The first-order valence-electron chi connectivity index (χ1n) is 33.7. The van der Waals surface area contributed by atoms with E-state index in [1.165, 1.54) is 289 Å². The highest BCUT2D eigenvalue weighted by atomic mass is 31.2.